The van der Waals surface area contributed by atoms with E-state index >= 15 is 0 Å². The highest BCUT2D eigenvalue weighted by molar-refractivity contribution is 5.71. The highest BCUT2D eigenvalue weighted by atomic mass is 16.6. The second kappa shape index (κ2) is 15.4. The van der Waals surface area contributed by atoms with Crippen LogP contribution in [0, 0.1) is 0 Å². The van der Waals surface area contributed by atoms with E-state index in [-0.39, 0.29) is 37.7 Å². The van der Waals surface area contributed by atoms with Crippen molar-refractivity contribution in [2.45, 2.75) is 18.4 Å². The van der Waals surface area contributed by atoms with Gasteiger partial charge in [-0.25, -0.2) is 4.79 Å². The molecule has 1 unspecified atom stereocenters. The topological polar surface area (TPSA) is 93.9 Å². The number of carbonyl (C=O) groups excluding carboxylic acids is 2. The van der Waals surface area contributed by atoms with Gasteiger partial charge < -0.3 is 25.4 Å². The van der Waals surface area contributed by atoms with Crippen LogP contribution in [0.5, 0.6) is 0 Å². The molecule has 1 amide bonds. The summed E-state index contributed by atoms with van der Waals surface area (Å²) in [6.45, 7) is 8.63. The first kappa shape index (κ1) is 26.8. The molecule has 0 aromatic heterocycles. The molecule has 2 aromatic rings. The van der Waals surface area contributed by atoms with Crippen molar-refractivity contribution in [2.75, 3.05) is 39.4 Å². The molecule has 0 saturated heterocycles. The normalized spacial score (nSPS) is 11.5. The van der Waals surface area contributed by atoms with E-state index in [0.29, 0.717) is 26.1 Å². The lowest BCUT2D eigenvalue weighted by atomic mass is 9.91. The van der Waals surface area contributed by atoms with Crippen molar-refractivity contribution in [3.63, 3.8) is 0 Å². The number of esters is 1. The molecule has 0 aliphatic heterocycles. The summed E-state index contributed by atoms with van der Waals surface area (Å²) in [5, 5.41) is 3.10. The van der Waals surface area contributed by atoms with Crippen molar-refractivity contribution in [1.29, 1.82) is 0 Å². The molecule has 0 aliphatic carbocycles. The van der Waals surface area contributed by atoms with E-state index < -0.39 is 6.09 Å². The summed E-state index contributed by atoms with van der Waals surface area (Å²) in [5.74, 6) is -0.411. The van der Waals surface area contributed by atoms with E-state index in [9.17, 15) is 9.59 Å². The number of rotatable bonds is 15. The molecule has 1 atom stereocenters. The number of nitrogens with one attached hydrogen (secondary N) is 1. The van der Waals surface area contributed by atoms with Crippen LogP contribution in [0.25, 0.3) is 0 Å². The number of nitrogens with two attached hydrogens (primary N) is 1. The molecule has 0 heterocycles. The second-order valence-electron chi connectivity index (χ2n) is 7.76. The van der Waals surface area contributed by atoms with Crippen LogP contribution in [0.1, 0.15) is 23.5 Å². The van der Waals surface area contributed by atoms with Crippen LogP contribution in [-0.4, -0.2) is 62.4 Å². The van der Waals surface area contributed by atoms with E-state index in [0.717, 1.165) is 11.1 Å². The van der Waals surface area contributed by atoms with Gasteiger partial charge in [-0.1, -0.05) is 86.0 Å². The van der Waals surface area contributed by atoms with Crippen LogP contribution in [0.4, 0.5) is 4.79 Å². The average Bonchev–Trinajstić information content (AvgIpc) is 2.88. The van der Waals surface area contributed by atoms with E-state index in [4.69, 9.17) is 15.2 Å². The maximum Gasteiger partial charge on any atom is 0.410 e. The first-order valence-electron chi connectivity index (χ1n) is 11.4. The van der Waals surface area contributed by atoms with Crippen molar-refractivity contribution < 1.29 is 19.1 Å². The summed E-state index contributed by atoms with van der Waals surface area (Å²) in [6, 6.07) is 20.0. The smallest absolute Gasteiger partial charge is 0.410 e. The lowest BCUT2D eigenvalue weighted by molar-refractivity contribution is -0.141. The van der Waals surface area contributed by atoms with Crippen LogP contribution in [-0.2, 0) is 14.3 Å². The lowest BCUT2D eigenvalue weighted by Gasteiger charge is -2.29. The number of amides is 1. The van der Waals surface area contributed by atoms with Gasteiger partial charge in [0.25, 0.3) is 0 Å². The molecule has 0 bridgehead atoms. The molecule has 0 spiro atoms. The third kappa shape index (κ3) is 9.21. The number of ether oxygens (including phenoxy) is 2. The molecular formula is C27H35N3O4. The van der Waals surface area contributed by atoms with Crippen molar-refractivity contribution >= 4 is 12.1 Å². The quantitative estimate of drug-likeness (QED) is 0.309. The fourth-order valence-corrected chi connectivity index (χ4v) is 3.52. The monoisotopic (exact) mass is 465 g/mol. The van der Waals surface area contributed by atoms with E-state index in [1.54, 1.807) is 11.0 Å². The van der Waals surface area contributed by atoms with Gasteiger partial charge in [-0.2, -0.15) is 0 Å². The van der Waals surface area contributed by atoms with Gasteiger partial charge in [-0.3, -0.25) is 4.79 Å². The number of nitrogens with zero attached hydrogens (tertiary/aromatic N) is 1. The maximum atomic E-state index is 12.9. The Morgan fingerprint density at radius 2 is 1.50 bits per heavy atom. The molecule has 7 nitrogen and oxygen atoms in total. The van der Waals surface area contributed by atoms with Gasteiger partial charge >= 0.3 is 12.1 Å². The largest absolute Gasteiger partial charge is 0.461 e. The first-order valence-corrected chi connectivity index (χ1v) is 11.4. The molecule has 182 valence electrons. The molecule has 0 saturated carbocycles. The molecule has 0 radical (unpaired) electrons. The summed E-state index contributed by atoms with van der Waals surface area (Å²) >= 11 is 0. The SMILES string of the molecule is C=CCOC(=O)CNC(CN)CCN(CC(c1ccccc1)c1ccccc1)C(=O)OCC=C. The third-order valence-electron chi connectivity index (χ3n) is 5.32. The van der Waals surface area contributed by atoms with Crippen molar-refractivity contribution in [3.8, 4) is 0 Å². The Hall–Kier alpha value is -3.42. The average molecular weight is 466 g/mol. The van der Waals surface area contributed by atoms with Gasteiger partial charge in [-0.05, 0) is 17.5 Å². The Bertz CT molecular complexity index is 850. The van der Waals surface area contributed by atoms with Crippen molar-refractivity contribution in [1.82, 2.24) is 10.2 Å². The molecule has 3 N–H and O–H groups in total. The standard InChI is InChI=1S/C27H35N3O4/c1-3-17-33-26(31)20-29-24(19-28)15-16-30(27(32)34-18-4-2)21-25(22-11-7-5-8-12-22)23-13-9-6-10-14-23/h3-14,24-25,29H,1-2,15-21,28H2. The summed E-state index contributed by atoms with van der Waals surface area (Å²) in [5.41, 5.74) is 8.12. The molecule has 0 aliphatic rings. The maximum absolute atomic E-state index is 12.9. The van der Waals surface area contributed by atoms with Crippen LogP contribution in [0.15, 0.2) is 86.0 Å². The Morgan fingerprint density at radius 3 is 2.03 bits per heavy atom. The molecule has 2 aromatic carbocycles. The fourth-order valence-electron chi connectivity index (χ4n) is 3.52. The number of carbonyl (C=O) groups is 2. The van der Waals surface area contributed by atoms with Gasteiger partial charge in [0.15, 0.2) is 0 Å². The summed E-state index contributed by atoms with van der Waals surface area (Å²) in [7, 11) is 0. The Labute approximate surface area is 202 Å². The van der Waals surface area contributed by atoms with Crippen molar-refractivity contribution in [2.24, 2.45) is 5.73 Å². The number of benzene rings is 2. The van der Waals surface area contributed by atoms with Crippen LogP contribution in [0.3, 0.4) is 0 Å². The van der Waals surface area contributed by atoms with Crippen LogP contribution < -0.4 is 11.1 Å². The summed E-state index contributed by atoms with van der Waals surface area (Å²) < 4.78 is 10.4. The molecule has 0 fully saturated rings. The zero-order valence-corrected chi connectivity index (χ0v) is 19.6. The van der Waals surface area contributed by atoms with E-state index in [1.807, 2.05) is 36.4 Å². The molecular weight excluding hydrogens is 430 g/mol. The van der Waals surface area contributed by atoms with Crippen LogP contribution in [0.2, 0.25) is 0 Å². The van der Waals surface area contributed by atoms with Gasteiger partial charge in [0.05, 0.1) is 6.54 Å². The zero-order chi connectivity index (χ0) is 24.6. The number of hydrogen-bond acceptors (Lipinski definition) is 6. The second-order valence-corrected chi connectivity index (χ2v) is 7.76. The van der Waals surface area contributed by atoms with Crippen LogP contribution >= 0.6 is 0 Å². The Balaban J connectivity index is 2.13. The Morgan fingerprint density at radius 1 is 0.941 bits per heavy atom. The van der Waals surface area contributed by atoms with Gasteiger partial charge in [0.2, 0.25) is 0 Å². The minimum Gasteiger partial charge on any atom is -0.461 e. The van der Waals surface area contributed by atoms with E-state index in [1.165, 1.54) is 6.08 Å². The number of hydrogen-bond donors (Lipinski definition) is 2. The van der Waals surface area contributed by atoms with Gasteiger partial charge in [0.1, 0.15) is 13.2 Å². The van der Waals surface area contributed by atoms with Gasteiger partial charge in [-0.15, -0.1) is 0 Å². The minimum atomic E-state index is -0.419. The fraction of sp³-hybridized carbons (Fsp3) is 0.333. The molecule has 2 rings (SSSR count). The van der Waals surface area contributed by atoms with Gasteiger partial charge in [0, 0.05) is 31.6 Å². The Kier molecular flexibility index (Phi) is 12.2. The third-order valence-corrected chi connectivity index (χ3v) is 5.32. The minimum absolute atomic E-state index is 0.0307. The highest BCUT2D eigenvalue weighted by Gasteiger charge is 2.23. The summed E-state index contributed by atoms with van der Waals surface area (Å²) in [6.07, 6.45) is 3.19. The van der Waals surface area contributed by atoms with Crippen molar-refractivity contribution in [3.05, 3.63) is 97.1 Å². The van der Waals surface area contributed by atoms with E-state index in [2.05, 4.69) is 42.7 Å². The molecule has 7 heteroatoms. The highest BCUT2D eigenvalue weighted by Crippen LogP contribution is 2.26. The predicted octanol–water partition coefficient (Wildman–Crippen LogP) is 3.48. The summed E-state index contributed by atoms with van der Waals surface area (Å²) in [4.78, 5) is 26.4. The zero-order valence-electron chi connectivity index (χ0n) is 19.6. The molecule has 34 heavy (non-hydrogen) atoms. The predicted molar refractivity (Wildman–Crippen MR) is 134 cm³/mol. The lowest BCUT2D eigenvalue weighted by Crippen LogP contribution is -2.44. The first-order chi connectivity index (χ1) is 16.6.